The van der Waals surface area contributed by atoms with Crippen molar-refractivity contribution in [2.24, 2.45) is 0 Å². The van der Waals surface area contributed by atoms with Crippen LogP contribution in [0.25, 0.3) is 0 Å². The minimum atomic E-state index is -0.117. The van der Waals surface area contributed by atoms with Crippen molar-refractivity contribution in [1.29, 1.82) is 0 Å². The molecule has 0 saturated heterocycles. The zero-order valence-corrected chi connectivity index (χ0v) is 11.5. The Morgan fingerprint density at radius 3 is 1.23 bits per heavy atom. The third-order valence-corrected chi connectivity index (χ3v) is 0.864. The van der Waals surface area contributed by atoms with Crippen LogP contribution in [0.15, 0.2) is 0 Å². The van der Waals surface area contributed by atoms with Crippen molar-refractivity contribution >= 4 is 17.6 Å². The van der Waals surface area contributed by atoms with Crippen LogP contribution in [0.2, 0.25) is 0 Å². The van der Waals surface area contributed by atoms with Crippen LogP contribution in [-0.2, 0) is 9.47 Å². The molecule has 0 aromatic rings. The fourth-order valence-electron chi connectivity index (χ4n) is 0.407. The van der Waals surface area contributed by atoms with Crippen LogP contribution in [0.5, 0.6) is 0 Å². The second-order valence-electron chi connectivity index (χ2n) is 1.80. The molecule has 0 saturated carbocycles. The second-order valence-corrected chi connectivity index (χ2v) is 1.80. The molecule has 13 heavy (non-hydrogen) atoms. The zero-order valence-electron chi connectivity index (χ0n) is 8.58. The summed E-state index contributed by atoms with van der Waals surface area (Å²) in [5.41, 5.74) is 0. The summed E-state index contributed by atoms with van der Waals surface area (Å²) in [5, 5.41) is 19.1. The molecule has 0 heterocycles. The van der Waals surface area contributed by atoms with E-state index >= 15 is 0 Å². The molecule has 0 aliphatic heterocycles. The predicted molar refractivity (Wildman–Crippen MR) is 51.3 cm³/mol. The fraction of sp³-hybridized carbons (Fsp3) is 1.00. The van der Waals surface area contributed by atoms with Crippen molar-refractivity contribution in [2.75, 3.05) is 39.6 Å². The summed E-state index contributed by atoms with van der Waals surface area (Å²) in [4.78, 5) is 0. The van der Waals surface area contributed by atoms with Crippen molar-refractivity contribution in [3.05, 3.63) is 0 Å². The summed E-state index contributed by atoms with van der Waals surface area (Å²) in [7, 11) is 0. The average Bonchev–Trinajstić information content (AvgIpc) is 2.12. The number of rotatable bonds is 6. The van der Waals surface area contributed by atoms with Crippen molar-refractivity contribution in [3.63, 3.8) is 0 Å². The first-order chi connectivity index (χ1) is 5.83. The van der Waals surface area contributed by atoms with E-state index in [0.717, 1.165) is 0 Å². The zero-order chi connectivity index (χ0) is 9.66. The van der Waals surface area contributed by atoms with E-state index in [2.05, 4.69) is 9.47 Å². The van der Waals surface area contributed by atoms with Crippen LogP contribution in [0.3, 0.4) is 0 Å². The molecule has 0 aliphatic carbocycles. The number of ether oxygens (including phenoxy) is 2. The van der Waals surface area contributed by atoms with Gasteiger partial charge >= 0.3 is 17.6 Å². The van der Waals surface area contributed by atoms with Gasteiger partial charge in [0.2, 0.25) is 0 Å². The summed E-state index contributed by atoms with van der Waals surface area (Å²) >= 11 is 0. The maximum atomic E-state index is 9.56. The Labute approximate surface area is 91.2 Å². The molecule has 0 N–H and O–H groups in total. The maximum absolute atomic E-state index is 9.56. The molecular formula is C8H20GeO4. The van der Waals surface area contributed by atoms with E-state index in [9.17, 15) is 10.2 Å². The third kappa shape index (κ3) is 32.8. The van der Waals surface area contributed by atoms with Crippen LogP contribution in [-0.4, -0.2) is 57.2 Å². The Balaban J connectivity index is -0.000000143. The Morgan fingerprint density at radius 2 is 1.15 bits per heavy atom. The van der Waals surface area contributed by atoms with Gasteiger partial charge in [0.15, 0.2) is 0 Å². The number of hydrogen-bond acceptors (Lipinski definition) is 4. The van der Waals surface area contributed by atoms with Gasteiger partial charge in [0.1, 0.15) is 0 Å². The molecule has 0 aromatic heterocycles. The first-order valence-corrected chi connectivity index (χ1v) is 4.15. The Bertz CT molecular complexity index is 48.1. The summed E-state index contributed by atoms with van der Waals surface area (Å²) in [6.07, 6.45) is 0. The van der Waals surface area contributed by atoms with E-state index in [1.165, 1.54) is 0 Å². The fourth-order valence-corrected chi connectivity index (χ4v) is 0.407. The van der Waals surface area contributed by atoms with Crippen LogP contribution in [0, 0.1) is 0 Å². The predicted octanol–water partition coefficient (Wildman–Crippen LogP) is -2.15. The van der Waals surface area contributed by atoms with E-state index < -0.39 is 0 Å². The number of hydrogen-bond donors (Lipinski definition) is 0. The molecular weight excluding hydrogens is 233 g/mol. The van der Waals surface area contributed by atoms with E-state index in [1.54, 1.807) is 0 Å². The molecule has 0 aliphatic rings. The summed E-state index contributed by atoms with van der Waals surface area (Å²) in [6, 6.07) is 0. The third-order valence-electron chi connectivity index (χ3n) is 0.864. The Morgan fingerprint density at radius 1 is 0.846 bits per heavy atom. The average molecular weight is 253 g/mol. The first kappa shape index (κ1) is 19.0. The minimum absolute atomic E-state index is 0. The van der Waals surface area contributed by atoms with Crippen LogP contribution in [0.1, 0.15) is 13.8 Å². The monoisotopic (exact) mass is 254 g/mol. The standard InChI is InChI=1S/2C4H9O2.GeH2/c2*1-2-6-4-3-5;/h2*2-4H2,1H3;1H2/q2*-1;+2. The van der Waals surface area contributed by atoms with Gasteiger partial charge in [-0.3, -0.25) is 0 Å². The topological polar surface area (TPSA) is 64.6 Å². The molecule has 0 aromatic carbocycles. The van der Waals surface area contributed by atoms with E-state index in [-0.39, 0.29) is 30.8 Å². The molecule has 0 spiro atoms. The van der Waals surface area contributed by atoms with Gasteiger partial charge in [-0.1, -0.05) is 0 Å². The quantitative estimate of drug-likeness (QED) is 0.400. The molecule has 0 atom stereocenters. The first-order valence-electron chi connectivity index (χ1n) is 4.15. The van der Waals surface area contributed by atoms with Gasteiger partial charge < -0.3 is 19.7 Å². The van der Waals surface area contributed by atoms with E-state index in [1.807, 2.05) is 13.8 Å². The molecule has 4 nitrogen and oxygen atoms in total. The summed E-state index contributed by atoms with van der Waals surface area (Å²) in [6.45, 7) is 5.53. The molecule has 0 fully saturated rings. The van der Waals surface area contributed by atoms with Gasteiger partial charge in [-0.25, -0.2) is 0 Å². The Hall–Kier alpha value is 0.383. The van der Waals surface area contributed by atoms with Crippen LogP contribution < -0.4 is 10.2 Å². The van der Waals surface area contributed by atoms with Crippen molar-refractivity contribution in [1.82, 2.24) is 0 Å². The normalized spacial score (nSPS) is 8.31. The van der Waals surface area contributed by atoms with E-state index in [0.29, 0.717) is 26.4 Å². The SMILES string of the molecule is CCOCC[O-].CCOCC[O-].[GeH2+2]. The molecule has 0 amide bonds. The van der Waals surface area contributed by atoms with Gasteiger partial charge in [-0.2, -0.15) is 0 Å². The van der Waals surface area contributed by atoms with E-state index in [4.69, 9.17) is 0 Å². The Kier molecular flexibility index (Phi) is 33.4. The van der Waals surface area contributed by atoms with Gasteiger partial charge in [-0.15, -0.1) is 13.2 Å². The van der Waals surface area contributed by atoms with Gasteiger partial charge in [0.05, 0.1) is 0 Å². The summed E-state index contributed by atoms with van der Waals surface area (Å²) < 4.78 is 9.34. The molecule has 0 rings (SSSR count). The molecule has 0 radical (unpaired) electrons. The van der Waals surface area contributed by atoms with Crippen LogP contribution in [0.4, 0.5) is 0 Å². The van der Waals surface area contributed by atoms with Crippen molar-refractivity contribution in [3.8, 4) is 0 Å². The van der Waals surface area contributed by atoms with Crippen molar-refractivity contribution in [2.45, 2.75) is 13.8 Å². The van der Waals surface area contributed by atoms with Gasteiger partial charge in [-0.05, 0) is 13.8 Å². The second kappa shape index (κ2) is 22.8. The van der Waals surface area contributed by atoms with Crippen molar-refractivity contribution < 1.29 is 19.7 Å². The molecule has 80 valence electrons. The molecule has 0 unspecified atom stereocenters. The summed E-state index contributed by atoms with van der Waals surface area (Å²) in [5.74, 6) is 0. The molecule has 0 bridgehead atoms. The van der Waals surface area contributed by atoms with Gasteiger partial charge in [0, 0.05) is 26.4 Å². The van der Waals surface area contributed by atoms with Crippen LogP contribution >= 0.6 is 0 Å². The van der Waals surface area contributed by atoms with Gasteiger partial charge in [0.25, 0.3) is 0 Å². The molecule has 5 heteroatoms.